The average molecular weight is 181 g/mol. The van der Waals surface area contributed by atoms with Crippen molar-refractivity contribution in [3.63, 3.8) is 0 Å². The summed E-state index contributed by atoms with van der Waals surface area (Å²) in [5.74, 6) is 0.201. The Labute approximate surface area is 80.2 Å². The van der Waals surface area contributed by atoms with Crippen LogP contribution in [0.3, 0.4) is 0 Å². The summed E-state index contributed by atoms with van der Waals surface area (Å²) in [7, 11) is 0. The number of hydrogen-bond donors (Lipinski definition) is 1. The molecular formula is C11H19NO. The molecule has 0 spiro atoms. The van der Waals surface area contributed by atoms with E-state index < -0.39 is 0 Å². The van der Waals surface area contributed by atoms with E-state index in [1.54, 1.807) is 0 Å². The lowest BCUT2D eigenvalue weighted by molar-refractivity contribution is -0.114. The molecule has 0 amide bonds. The Morgan fingerprint density at radius 2 is 2.08 bits per heavy atom. The first-order valence-electron chi connectivity index (χ1n) is 5.16. The van der Waals surface area contributed by atoms with Crippen molar-refractivity contribution in [2.45, 2.75) is 51.5 Å². The summed E-state index contributed by atoms with van der Waals surface area (Å²) in [6.07, 6.45) is 8.36. The SMILES string of the molecule is CC(N)CC(=O)C=C1CCCCC1. The van der Waals surface area contributed by atoms with Crippen molar-refractivity contribution in [1.29, 1.82) is 0 Å². The molecule has 2 N–H and O–H groups in total. The first-order chi connectivity index (χ1) is 6.18. The first kappa shape index (κ1) is 10.5. The third-order valence-corrected chi connectivity index (χ3v) is 2.38. The fourth-order valence-corrected chi connectivity index (χ4v) is 1.75. The molecule has 0 bridgehead atoms. The van der Waals surface area contributed by atoms with Crippen LogP contribution in [0.5, 0.6) is 0 Å². The molecule has 1 saturated carbocycles. The normalized spacial score (nSPS) is 19.7. The smallest absolute Gasteiger partial charge is 0.157 e. The first-order valence-corrected chi connectivity index (χ1v) is 5.16. The molecule has 0 aromatic heterocycles. The maximum atomic E-state index is 11.4. The van der Waals surface area contributed by atoms with Crippen LogP contribution < -0.4 is 5.73 Å². The van der Waals surface area contributed by atoms with Gasteiger partial charge in [0.1, 0.15) is 0 Å². The van der Waals surface area contributed by atoms with Crippen LogP contribution in [0.25, 0.3) is 0 Å². The topological polar surface area (TPSA) is 43.1 Å². The molecule has 0 aliphatic heterocycles. The monoisotopic (exact) mass is 181 g/mol. The van der Waals surface area contributed by atoms with Crippen molar-refractivity contribution in [1.82, 2.24) is 0 Å². The van der Waals surface area contributed by atoms with E-state index in [-0.39, 0.29) is 11.8 Å². The quantitative estimate of drug-likeness (QED) is 0.678. The molecule has 74 valence electrons. The Morgan fingerprint density at radius 1 is 1.46 bits per heavy atom. The van der Waals surface area contributed by atoms with E-state index in [9.17, 15) is 4.79 Å². The summed E-state index contributed by atoms with van der Waals surface area (Å²) < 4.78 is 0. The van der Waals surface area contributed by atoms with Crippen molar-refractivity contribution < 1.29 is 4.79 Å². The maximum absolute atomic E-state index is 11.4. The Hall–Kier alpha value is -0.630. The van der Waals surface area contributed by atoms with E-state index in [0.717, 1.165) is 12.8 Å². The fraction of sp³-hybridized carbons (Fsp3) is 0.727. The van der Waals surface area contributed by atoms with Gasteiger partial charge < -0.3 is 5.73 Å². The molecule has 1 rings (SSSR count). The van der Waals surface area contributed by atoms with E-state index in [1.165, 1.54) is 24.8 Å². The molecule has 0 aromatic carbocycles. The zero-order valence-corrected chi connectivity index (χ0v) is 8.38. The van der Waals surface area contributed by atoms with Crippen molar-refractivity contribution in [2.75, 3.05) is 0 Å². The standard InChI is InChI=1S/C11H19NO/c1-9(12)7-11(13)8-10-5-3-2-4-6-10/h8-9H,2-7,12H2,1H3. The Kier molecular flexibility index (Phi) is 4.16. The lowest BCUT2D eigenvalue weighted by atomic mass is 9.93. The summed E-state index contributed by atoms with van der Waals surface area (Å²) in [4.78, 5) is 11.4. The number of ketones is 1. The van der Waals surface area contributed by atoms with E-state index >= 15 is 0 Å². The van der Waals surface area contributed by atoms with Crippen molar-refractivity contribution in [3.8, 4) is 0 Å². The zero-order chi connectivity index (χ0) is 9.68. The van der Waals surface area contributed by atoms with Crippen LogP contribution in [0.1, 0.15) is 45.4 Å². The molecule has 0 heterocycles. The molecule has 1 aliphatic carbocycles. The van der Waals surface area contributed by atoms with Gasteiger partial charge >= 0.3 is 0 Å². The number of carbonyl (C=O) groups is 1. The third kappa shape index (κ3) is 4.23. The fourth-order valence-electron chi connectivity index (χ4n) is 1.75. The summed E-state index contributed by atoms with van der Waals surface area (Å²) in [5, 5.41) is 0. The van der Waals surface area contributed by atoms with E-state index in [1.807, 2.05) is 13.0 Å². The zero-order valence-electron chi connectivity index (χ0n) is 8.38. The number of hydrogen-bond acceptors (Lipinski definition) is 2. The largest absolute Gasteiger partial charge is 0.328 e. The van der Waals surface area contributed by atoms with Crippen LogP contribution in [0.2, 0.25) is 0 Å². The highest BCUT2D eigenvalue weighted by molar-refractivity contribution is 5.90. The second-order valence-corrected chi connectivity index (χ2v) is 4.01. The van der Waals surface area contributed by atoms with Gasteiger partial charge in [0, 0.05) is 12.5 Å². The summed E-state index contributed by atoms with van der Waals surface area (Å²) >= 11 is 0. The molecule has 2 nitrogen and oxygen atoms in total. The van der Waals surface area contributed by atoms with Gasteiger partial charge in [-0.2, -0.15) is 0 Å². The van der Waals surface area contributed by atoms with Gasteiger partial charge in [0.25, 0.3) is 0 Å². The molecule has 0 saturated heterocycles. The molecule has 1 aliphatic rings. The second kappa shape index (κ2) is 5.18. The highest BCUT2D eigenvalue weighted by atomic mass is 16.1. The van der Waals surface area contributed by atoms with Crippen molar-refractivity contribution in [3.05, 3.63) is 11.6 Å². The Morgan fingerprint density at radius 3 is 2.62 bits per heavy atom. The lowest BCUT2D eigenvalue weighted by Crippen LogP contribution is -2.18. The molecule has 1 unspecified atom stereocenters. The van der Waals surface area contributed by atoms with Gasteiger partial charge in [0.15, 0.2) is 5.78 Å². The van der Waals surface area contributed by atoms with Gasteiger partial charge in [-0.05, 0) is 38.7 Å². The minimum absolute atomic E-state index is 0.00654. The number of nitrogens with two attached hydrogens (primary N) is 1. The minimum atomic E-state index is -0.00654. The van der Waals surface area contributed by atoms with Crippen molar-refractivity contribution >= 4 is 5.78 Å². The maximum Gasteiger partial charge on any atom is 0.157 e. The number of allylic oxidation sites excluding steroid dienone is 2. The Balaban J connectivity index is 2.39. The van der Waals surface area contributed by atoms with Gasteiger partial charge in [0.2, 0.25) is 0 Å². The molecule has 1 fully saturated rings. The number of carbonyl (C=O) groups excluding carboxylic acids is 1. The molecule has 2 heteroatoms. The predicted octanol–water partition coefficient (Wildman–Crippen LogP) is 2.18. The molecule has 13 heavy (non-hydrogen) atoms. The molecular weight excluding hydrogens is 162 g/mol. The van der Waals surface area contributed by atoms with Crippen LogP contribution in [0.15, 0.2) is 11.6 Å². The van der Waals surface area contributed by atoms with Gasteiger partial charge in [-0.3, -0.25) is 4.79 Å². The van der Waals surface area contributed by atoms with Gasteiger partial charge in [0.05, 0.1) is 0 Å². The van der Waals surface area contributed by atoms with Crippen molar-refractivity contribution in [2.24, 2.45) is 5.73 Å². The summed E-state index contributed by atoms with van der Waals surface area (Å²) in [5.41, 5.74) is 6.88. The van der Waals surface area contributed by atoms with Crippen LogP contribution in [0, 0.1) is 0 Å². The van der Waals surface area contributed by atoms with Crippen LogP contribution in [-0.2, 0) is 4.79 Å². The highest BCUT2D eigenvalue weighted by Gasteiger charge is 2.08. The van der Waals surface area contributed by atoms with Crippen LogP contribution >= 0.6 is 0 Å². The van der Waals surface area contributed by atoms with Gasteiger partial charge in [-0.25, -0.2) is 0 Å². The van der Waals surface area contributed by atoms with Gasteiger partial charge in [-0.15, -0.1) is 0 Å². The Bertz CT molecular complexity index is 198. The molecule has 1 atom stereocenters. The third-order valence-electron chi connectivity index (χ3n) is 2.38. The van der Waals surface area contributed by atoms with E-state index in [2.05, 4.69) is 0 Å². The number of rotatable bonds is 3. The molecule has 0 aromatic rings. The highest BCUT2D eigenvalue weighted by Crippen LogP contribution is 2.22. The van der Waals surface area contributed by atoms with Crippen LogP contribution in [0.4, 0.5) is 0 Å². The van der Waals surface area contributed by atoms with E-state index in [0.29, 0.717) is 6.42 Å². The minimum Gasteiger partial charge on any atom is -0.328 e. The predicted molar refractivity (Wildman–Crippen MR) is 54.4 cm³/mol. The average Bonchev–Trinajstić information content (AvgIpc) is 2.04. The lowest BCUT2D eigenvalue weighted by Gasteiger charge is -2.13. The summed E-state index contributed by atoms with van der Waals surface area (Å²) in [6.45, 7) is 1.87. The van der Waals surface area contributed by atoms with Gasteiger partial charge in [-0.1, -0.05) is 12.0 Å². The van der Waals surface area contributed by atoms with Crippen LogP contribution in [-0.4, -0.2) is 11.8 Å². The van der Waals surface area contributed by atoms with E-state index in [4.69, 9.17) is 5.73 Å². The second-order valence-electron chi connectivity index (χ2n) is 4.01. The molecule has 0 radical (unpaired) electrons. The summed E-state index contributed by atoms with van der Waals surface area (Å²) in [6, 6.07) is -0.00654.